The van der Waals surface area contributed by atoms with E-state index in [0.29, 0.717) is 11.6 Å². The third-order valence-electron chi connectivity index (χ3n) is 5.42. The Balaban J connectivity index is 1.39. The molecule has 0 saturated carbocycles. The van der Waals surface area contributed by atoms with Gasteiger partial charge in [0.1, 0.15) is 5.02 Å². The fourth-order valence-electron chi connectivity index (χ4n) is 3.82. The van der Waals surface area contributed by atoms with Crippen LogP contribution in [-0.4, -0.2) is 52.6 Å². The van der Waals surface area contributed by atoms with Gasteiger partial charge in [-0.15, -0.1) is 0 Å². The molecule has 2 saturated heterocycles. The quantitative estimate of drug-likeness (QED) is 0.818. The maximum Gasteiger partial charge on any atom is 0.287 e. The average molecular weight is 405 g/mol. The van der Waals surface area contributed by atoms with Crippen molar-refractivity contribution < 1.29 is 4.74 Å². The van der Waals surface area contributed by atoms with Crippen LogP contribution in [0, 0.1) is 5.92 Å². The molecule has 0 unspecified atom stereocenters. The Labute approximate surface area is 168 Å². The average Bonchev–Trinajstić information content (AvgIpc) is 2.76. The number of rotatable bonds is 5. The molecule has 0 spiro atoms. The van der Waals surface area contributed by atoms with Crippen molar-refractivity contribution in [2.45, 2.75) is 31.7 Å². The normalized spacial score (nSPS) is 20.9. The molecule has 0 amide bonds. The topological polar surface area (TPSA) is 85.2 Å². The van der Waals surface area contributed by atoms with Crippen molar-refractivity contribution in [2.75, 3.05) is 43.1 Å². The molecule has 4 rings (SSSR count). The van der Waals surface area contributed by atoms with Crippen molar-refractivity contribution in [1.29, 1.82) is 0 Å². The highest BCUT2D eigenvalue weighted by molar-refractivity contribution is 6.32. The molecule has 1 N–H and O–H groups in total. The van der Waals surface area contributed by atoms with Crippen molar-refractivity contribution in [3.05, 3.63) is 40.0 Å². The molecule has 2 fully saturated rings. The Morgan fingerprint density at radius 1 is 1.21 bits per heavy atom. The molecule has 2 aliphatic rings. The molecular formula is C19H25ClN6O2. The van der Waals surface area contributed by atoms with E-state index in [1.807, 2.05) is 0 Å². The van der Waals surface area contributed by atoms with Gasteiger partial charge in [-0.1, -0.05) is 11.6 Å². The zero-order valence-electron chi connectivity index (χ0n) is 15.8. The number of nitrogens with one attached hydrogen (secondary N) is 1. The van der Waals surface area contributed by atoms with Crippen LogP contribution >= 0.6 is 11.6 Å². The van der Waals surface area contributed by atoms with Gasteiger partial charge in [0.2, 0.25) is 5.95 Å². The number of halogens is 1. The van der Waals surface area contributed by atoms with Crippen LogP contribution < -0.4 is 15.8 Å². The summed E-state index contributed by atoms with van der Waals surface area (Å²) in [6.07, 6.45) is 8.95. The van der Waals surface area contributed by atoms with E-state index >= 15 is 0 Å². The maximum absolute atomic E-state index is 12.8. The smallest absolute Gasteiger partial charge is 0.287 e. The largest absolute Gasteiger partial charge is 0.382 e. The van der Waals surface area contributed by atoms with Gasteiger partial charge in [0.05, 0.1) is 24.5 Å². The lowest BCUT2D eigenvalue weighted by molar-refractivity contribution is 0.0595. The van der Waals surface area contributed by atoms with Crippen molar-refractivity contribution in [3.63, 3.8) is 0 Å². The number of anilines is 2. The van der Waals surface area contributed by atoms with E-state index in [-0.39, 0.29) is 16.6 Å². The molecule has 8 nitrogen and oxygen atoms in total. The minimum atomic E-state index is -0.235. The molecule has 4 heterocycles. The summed E-state index contributed by atoms with van der Waals surface area (Å²) in [5, 5.41) is 7.88. The van der Waals surface area contributed by atoms with Crippen LogP contribution in [-0.2, 0) is 4.74 Å². The fourth-order valence-corrected chi connectivity index (χ4v) is 4.02. The molecule has 2 aromatic rings. The maximum atomic E-state index is 12.8. The standard InChI is InChI=1S/C19H25ClN6O2/c20-17-16(23-11-14-3-1-10-28-13-14)12-24-26(18(17)27)15-4-8-25(9-5-15)19-21-6-2-7-22-19/h2,6-7,12,14-15,23H,1,3-5,8-11,13H2/t14-/m0/s1. The number of ether oxygens (including phenoxy) is 1. The predicted octanol–water partition coefficient (Wildman–Crippen LogP) is 2.37. The minimum Gasteiger partial charge on any atom is -0.382 e. The number of nitrogens with zero attached hydrogens (tertiary/aromatic N) is 5. The molecule has 2 aliphatic heterocycles. The van der Waals surface area contributed by atoms with Crippen molar-refractivity contribution in [3.8, 4) is 0 Å². The van der Waals surface area contributed by atoms with Gasteiger partial charge in [0.15, 0.2) is 0 Å². The Bertz CT molecular complexity index is 832. The predicted molar refractivity (Wildman–Crippen MR) is 108 cm³/mol. The Morgan fingerprint density at radius 3 is 2.71 bits per heavy atom. The molecule has 0 aromatic carbocycles. The molecular weight excluding hydrogens is 380 g/mol. The summed E-state index contributed by atoms with van der Waals surface area (Å²) < 4.78 is 7.02. The molecule has 1 atom stereocenters. The lowest BCUT2D eigenvalue weighted by Crippen LogP contribution is -2.39. The highest BCUT2D eigenvalue weighted by Crippen LogP contribution is 2.25. The number of hydrogen-bond acceptors (Lipinski definition) is 7. The van der Waals surface area contributed by atoms with Crippen LogP contribution in [0.3, 0.4) is 0 Å². The van der Waals surface area contributed by atoms with Crippen LogP contribution in [0.2, 0.25) is 5.02 Å². The second-order valence-corrected chi connectivity index (χ2v) is 7.73. The SMILES string of the molecule is O=c1c(Cl)c(NC[C@@H]2CCCOC2)cnn1C1CCN(c2ncccn2)CC1. The first-order chi connectivity index (χ1) is 13.7. The van der Waals surface area contributed by atoms with E-state index in [0.717, 1.165) is 64.5 Å². The first-order valence-electron chi connectivity index (χ1n) is 9.83. The molecule has 2 aromatic heterocycles. The first kappa shape index (κ1) is 19.1. The van der Waals surface area contributed by atoms with E-state index in [2.05, 4.69) is 25.3 Å². The number of hydrogen-bond donors (Lipinski definition) is 1. The van der Waals surface area contributed by atoms with Crippen LogP contribution in [0.4, 0.5) is 11.6 Å². The van der Waals surface area contributed by atoms with Crippen molar-refractivity contribution in [1.82, 2.24) is 19.7 Å². The van der Waals surface area contributed by atoms with E-state index in [9.17, 15) is 4.79 Å². The van der Waals surface area contributed by atoms with Crippen molar-refractivity contribution in [2.24, 2.45) is 5.92 Å². The monoisotopic (exact) mass is 404 g/mol. The lowest BCUT2D eigenvalue weighted by Gasteiger charge is -2.32. The second kappa shape index (κ2) is 8.87. The Morgan fingerprint density at radius 2 is 2.00 bits per heavy atom. The summed E-state index contributed by atoms with van der Waals surface area (Å²) in [6, 6.07) is 1.84. The summed E-state index contributed by atoms with van der Waals surface area (Å²) in [4.78, 5) is 23.5. The van der Waals surface area contributed by atoms with Gasteiger partial charge in [-0.3, -0.25) is 4.79 Å². The van der Waals surface area contributed by atoms with Crippen LogP contribution in [0.5, 0.6) is 0 Å². The second-order valence-electron chi connectivity index (χ2n) is 7.35. The zero-order valence-corrected chi connectivity index (χ0v) is 16.5. The molecule has 28 heavy (non-hydrogen) atoms. The van der Waals surface area contributed by atoms with Crippen LogP contribution in [0.15, 0.2) is 29.5 Å². The fraction of sp³-hybridized carbons (Fsp3) is 0.579. The van der Waals surface area contributed by atoms with Crippen LogP contribution in [0.25, 0.3) is 0 Å². The molecule has 0 bridgehead atoms. The highest BCUT2D eigenvalue weighted by atomic mass is 35.5. The third-order valence-corrected chi connectivity index (χ3v) is 5.79. The third kappa shape index (κ3) is 4.28. The van der Waals surface area contributed by atoms with Gasteiger partial charge in [-0.2, -0.15) is 5.10 Å². The van der Waals surface area contributed by atoms with E-state index in [1.165, 1.54) is 4.68 Å². The molecule has 0 radical (unpaired) electrons. The lowest BCUT2D eigenvalue weighted by atomic mass is 10.0. The van der Waals surface area contributed by atoms with E-state index < -0.39 is 0 Å². The van der Waals surface area contributed by atoms with Gasteiger partial charge in [-0.05, 0) is 37.7 Å². The summed E-state index contributed by atoms with van der Waals surface area (Å²) in [6.45, 7) is 3.88. The summed E-state index contributed by atoms with van der Waals surface area (Å²) in [5.74, 6) is 1.17. The van der Waals surface area contributed by atoms with Gasteiger partial charge >= 0.3 is 0 Å². The van der Waals surface area contributed by atoms with Gasteiger partial charge in [-0.25, -0.2) is 14.6 Å². The van der Waals surface area contributed by atoms with Crippen LogP contribution in [0.1, 0.15) is 31.7 Å². The van der Waals surface area contributed by atoms with Gasteiger partial charge < -0.3 is 15.0 Å². The minimum absolute atomic E-state index is 0.0331. The van der Waals surface area contributed by atoms with Gasteiger partial charge in [0.25, 0.3) is 5.56 Å². The summed E-state index contributed by atoms with van der Waals surface area (Å²) in [5.41, 5.74) is 0.365. The number of aromatic nitrogens is 4. The van der Waals surface area contributed by atoms with Crippen molar-refractivity contribution >= 4 is 23.2 Å². The number of piperidine rings is 1. The Kier molecular flexibility index (Phi) is 6.07. The zero-order chi connectivity index (χ0) is 19.3. The van der Waals surface area contributed by atoms with E-state index in [1.54, 1.807) is 24.7 Å². The first-order valence-corrected chi connectivity index (χ1v) is 10.2. The van der Waals surface area contributed by atoms with Gasteiger partial charge in [0, 0.05) is 38.6 Å². The Hall–Kier alpha value is -2.19. The molecule has 9 heteroatoms. The highest BCUT2D eigenvalue weighted by Gasteiger charge is 2.25. The molecule has 0 aliphatic carbocycles. The summed E-state index contributed by atoms with van der Waals surface area (Å²) in [7, 11) is 0. The summed E-state index contributed by atoms with van der Waals surface area (Å²) >= 11 is 6.36. The molecule has 150 valence electrons. The van der Waals surface area contributed by atoms with E-state index in [4.69, 9.17) is 16.3 Å².